The Morgan fingerprint density at radius 2 is 0.633 bits per heavy atom. The Balaban J connectivity index is 0.00000256. The van der Waals surface area contributed by atoms with Crippen LogP contribution in [-0.2, 0) is 46.4 Å². The first-order chi connectivity index (χ1) is 14.4. The van der Waals surface area contributed by atoms with E-state index >= 15 is 0 Å². The topological polar surface area (TPSA) is 0 Å². The first kappa shape index (κ1) is 23.9. The van der Waals surface area contributed by atoms with Crippen molar-refractivity contribution in [3.63, 3.8) is 0 Å². The van der Waals surface area contributed by atoms with E-state index in [1.807, 2.05) is 0 Å². The summed E-state index contributed by atoms with van der Waals surface area (Å²) in [7, 11) is 0.446. The third kappa shape index (κ3) is 6.62. The van der Waals surface area contributed by atoms with Crippen molar-refractivity contribution >= 4 is 21.8 Å². The zero-order valence-electron chi connectivity index (χ0n) is 16.9. The molecule has 0 spiro atoms. The van der Waals surface area contributed by atoms with E-state index in [1.54, 1.807) is 0 Å². The second-order valence-corrected chi connectivity index (χ2v) is 23.3. The molecule has 0 aliphatic heterocycles. The van der Waals surface area contributed by atoms with Gasteiger partial charge in [-0.2, -0.15) is 0 Å². The van der Waals surface area contributed by atoms with Crippen LogP contribution in [0.4, 0.5) is 0 Å². The molecule has 0 bridgehead atoms. The summed E-state index contributed by atoms with van der Waals surface area (Å²) in [5.74, 6) is 0. The molecule has 4 aromatic rings. The summed E-state index contributed by atoms with van der Waals surface area (Å²) in [6.45, 7) is 0. The second kappa shape index (κ2) is 12.9. The maximum absolute atomic E-state index is 2.32. The monoisotopic (exact) mass is 729 g/mol. The fraction of sp³-hybridized carbons (Fsp3) is 0.0769. The molecule has 0 nitrogen and oxygen atoms in total. The van der Waals surface area contributed by atoms with Gasteiger partial charge in [-0.25, -0.2) is 0 Å². The third-order valence-corrected chi connectivity index (χ3v) is 25.8. The van der Waals surface area contributed by atoms with Crippen LogP contribution in [0.25, 0.3) is 0 Å². The van der Waals surface area contributed by atoms with Gasteiger partial charge < -0.3 is 24.0 Å². The predicted molar refractivity (Wildman–Crippen MR) is 123 cm³/mol. The van der Waals surface area contributed by atoms with Gasteiger partial charge >= 0.3 is 194 Å². The number of halogens is 1. The average molecular weight is 728 g/mol. The Hall–Kier alpha value is -0.755. The molecule has 0 amide bonds. The van der Waals surface area contributed by atoms with Crippen LogP contribution >= 0.6 is 0 Å². The van der Waals surface area contributed by atoms with Gasteiger partial charge in [-0.1, -0.05) is 0 Å². The Bertz CT molecular complexity index is 820. The summed E-state index contributed by atoms with van der Waals surface area (Å²) in [4.78, 5) is 5.99. The van der Waals surface area contributed by atoms with Crippen molar-refractivity contribution in [3.8, 4) is 0 Å². The molecule has 0 aliphatic carbocycles. The molecule has 0 aliphatic rings. The van der Waals surface area contributed by atoms with Crippen LogP contribution in [-0.4, -0.2) is 6.52 Å². The maximum atomic E-state index is 2.32. The second-order valence-electron chi connectivity index (χ2n) is 6.80. The van der Waals surface area contributed by atoms with Gasteiger partial charge in [-0.05, 0) is 0 Å². The van der Waals surface area contributed by atoms with Crippen LogP contribution in [0.15, 0.2) is 141 Å². The van der Waals surface area contributed by atoms with Crippen molar-refractivity contribution in [2.45, 2.75) is 19.6 Å². The Labute approximate surface area is 215 Å². The van der Waals surface area contributed by atoms with Gasteiger partial charge in [0.2, 0.25) is 0 Å². The van der Waals surface area contributed by atoms with Crippen molar-refractivity contribution in [1.82, 2.24) is 0 Å². The fourth-order valence-corrected chi connectivity index (χ4v) is 29.8. The van der Waals surface area contributed by atoms with E-state index in [9.17, 15) is 0 Å². The van der Waals surface area contributed by atoms with Crippen LogP contribution in [0.5, 0.6) is 0 Å². The summed E-state index contributed by atoms with van der Waals surface area (Å²) >= 11 is -1.10. The van der Waals surface area contributed by atoms with Crippen LogP contribution in [0.3, 0.4) is 0 Å². The van der Waals surface area contributed by atoms with Crippen molar-refractivity contribution in [3.05, 3.63) is 121 Å². The van der Waals surface area contributed by atoms with Gasteiger partial charge in [-0.3, -0.25) is 0 Å². The molecule has 4 rings (SSSR count). The van der Waals surface area contributed by atoms with E-state index in [-0.39, 0.29) is 45.8 Å². The van der Waals surface area contributed by atoms with Gasteiger partial charge in [0.1, 0.15) is 0 Å². The molecule has 0 heterocycles. The first-order valence-electron chi connectivity index (χ1n) is 10.0. The van der Waals surface area contributed by atoms with Crippen LogP contribution in [0.2, 0.25) is 0 Å². The molecular weight excluding hydrogens is 704 g/mol. The zero-order valence-corrected chi connectivity index (χ0v) is 26.2. The van der Waals surface area contributed by atoms with E-state index in [2.05, 4.69) is 121 Å². The van der Waals surface area contributed by atoms with Gasteiger partial charge in [0.05, 0.1) is 0 Å². The van der Waals surface area contributed by atoms with E-state index in [1.165, 1.54) is 26.1 Å². The van der Waals surface area contributed by atoms with Gasteiger partial charge in [0.25, 0.3) is 0 Å². The molecule has 0 saturated carbocycles. The molecule has 4 aromatic carbocycles. The molecule has 0 aromatic heterocycles. The molecule has 0 atom stereocenters. The summed E-state index contributed by atoms with van der Waals surface area (Å²) in [5.41, 5.74) is 0. The first-order valence-corrected chi connectivity index (χ1v) is 20.6. The molecule has 4 heteroatoms. The molecular formula is C26H24HgIS2+. The molecule has 30 heavy (non-hydrogen) atoms. The Morgan fingerprint density at radius 1 is 0.400 bits per heavy atom. The van der Waals surface area contributed by atoms with Gasteiger partial charge in [0, 0.05) is 0 Å². The van der Waals surface area contributed by atoms with Crippen LogP contribution in [0, 0.1) is 0 Å². The van der Waals surface area contributed by atoms with Crippen molar-refractivity contribution in [1.29, 1.82) is 0 Å². The SMILES string of the molecule is [I-].c1ccc([S+]([CH2][Hg][CH2][S+](c2ccccc2)c2ccccc2)c2ccccc2)cc1. The predicted octanol–water partition coefficient (Wildman–Crippen LogP) is 3.46. The van der Waals surface area contributed by atoms with Crippen molar-refractivity contribution in [2.75, 3.05) is 6.52 Å². The summed E-state index contributed by atoms with van der Waals surface area (Å²) in [5, 5.41) is 0. The molecule has 0 saturated heterocycles. The summed E-state index contributed by atoms with van der Waals surface area (Å²) in [6, 6.07) is 44.6. The molecule has 0 fully saturated rings. The number of hydrogen-bond acceptors (Lipinski definition) is 0. The summed E-state index contributed by atoms with van der Waals surface area (Å²) in [6.07, 6.45) is 0. The van der Waals surface area contributed by atoms with Crippen LogP contribution < -0.4 is 24.0 Å². The number of rotatable bonds is 8. The van der Waals surface area contributed by atoms with E-state index in [0.29, 0.717) is 0 Å². The molecule has 0 N–H and O–H groups in total. The average Bonchev–Trinajstić information content (AvgIpc) is 2.81. The number of benzene rings is 4. The van der Waals surface area contributed by atoms with Gasteiger partial charge in [0.15, 0.2) is 0 Å². The van der Waals surface area contributed by atoms with Crippen molar-refractivity contribution in [2.24, 2.45) is 0 Å². The zero-order chi connectivity index (χ0) is 19.7. The van der Waals surface area contributed by atoms with Crippen molar-refractivity contribution < 1.29 is 48.6 Å². The molecule has 0 radical (unpaired) electrons. The van der Waals surface area contributed by atoms with Gasteiger partial charge in [-0.15, -0.1) is 0 Å². The Kier molecular flexibility index (Phi) is 10.3. The fourth-order valence-electron chi connectivity index (χ4n) is 3.43. The van der Waals surface area contributed by atoms with E-state index in [0.717, 1.165) is 0 Å². The minimum atomic E-state index is -1.10. The molecule has 148 valence electrons. The third-order valence-electron chi connectivity index (χ3n) is 4.81. The summed E-state index contributed by atoms with van der Waals surface area (Å²) < 4.78 is 2.83. The van der Waals surface area contributed by atoms with E-state index in [4.69, 9.17) is 0 Å². The minimum absolute atomic E-state index is 0. The molecule has 0 unspecified atom stereocenters. The normalized spacial score (nSPS) is 10.5. The van der Waals surface area contributed by atoms with Crippen LogP contribution in [0.1, 0.15) is 0 Å². The standard InChI is InChI=1S/2C13H12S.Hg.HI/c2*1-14(12-8-4-2-5-9-12)13-10-6-3-7-11-13;;/h2*2-11H,1H2;;1H/q2*+1;;/p-1. The van der Waals surface area contributed by atoms with E-state index < -0.39 is 24.6 Å². The Morgan fingerprint density at radius 3 is 0.867 bits per heavy atom. The quantitative estimate of drug-likeness (QED) is 0.148. The number of hydrogen-bond donors (Lipinski definition) is 0.